The molecule has 3 N–H and O–H groups in total. The highest BCUT2D eigenvalue weighted by Crippen LogP contribution is 2.10. The van der Waals surface area contributed by atoms with Crippen molar-refractivity contribution in [1.82, 2.24) is 9.13 Å². The molecule has 16 heavy (non-hydrogen) atoms. The van der Waals surface area contributed by atoms with E-state index in [2.05, 4.69) is 0 Å². The van der Waals surface area contributed by atoms with Gasteiger partial charge in [-0.15, -0.1) is 0 Å². The average Bonchev–Trinajstić information content (AvgIpc) is 2.17. The number of aromatic nitrogens is 2. The number of nitrogens with two attached hydrogens (primary N) is 1. The molecule has 0 bridgehead atoms. The number of rotatable bonds is 2. The summed E-state index contributed by atoms with van der Waals surface area (Å²) >= 11 is 0. The molecule has 0 aliphatic rings. The predicted octanol–water partition coefficient (Wildman–Crippen LogP) is -1.96. The van der Waals surface area contributed by atoms with Gasteiger partial charge in [-0.05, 0) is 0 Å². The van der Waals surface area contributed by atoms with E-state index in [0.29, 0.717) is 0 Å². The first-order valence-corrected chi connectivity index (χ1v) is 6.07. The highest BCUT2D eigenvalue weighted by Gasteiger charge is 2.15. The summed E-state index contributed by atoms with van der Waals surface area (Å²) < 4.78 is 25.8. The number of nitrogens with zero attached hydrogens (tertiary/aromatic N) is 2. The van der Waals surface area contributed by atoms with Crippen molar-refractivity contribution in [3.8, 4) is 0 Å². The quantitative estimate of drug-likeness (QED) is 0.630. The third-order valence-corrected chi connectivity index (χ3v) is 2.57. The molecule has 0 spiro atoms. The van der Waals surface area contributed by atoms with Gasteiger partial charge in [0.1, 0.15) is 5.82 Å². The van der Waals surface area contributed by atoms with E-state index in [1.807, 2.05) is 4.72 Å². The lowest BCUT2D eigenvalue weighted by atomic mass is 10.4. The van der Waals surface area contributed by atoms with Crippen molar-refractivity contribution in [2.45, 2.75) is 0 Å². The molecule has 1 rings (SSSR count). The highest BCUT2D eigenvalue weighted by molar-refractivity contribution is 7.92. The first-order valence-electron chi connectivity index (χ1n) is 4.18. The van der Waals surface area contributed by atoms with E-state index < -0.39 is 21.3 Å². The fraction of sp³-hybridized carbons (Fsp3) is 0.429. The van der Waals surface area contributed by atoms with Crippen LogP contribution in [0.15, 0.2) is 9.59 Å². The normalized spacial score (nSPS) is 11.4. The van der Waals surface area contributed by atoms with Crippen LogP contribution in [0.25, 0.3) is 0 Å². The van der Waals surface area contributed by atoms with Gasteiger partial charge in [-0.3, -0.25) is 18.7 Å². The number of sulfonamides is 1. The van der Waals surface area contributed by atoms with Gasteiger partial charge in [-0.2, -0.15) is 0 Å². The molecule has 0 saturated carbocycles. The van der Waals surface area contributed by atoms with E-state index in [1.165, 1.54) is 14.1 Å². The highest BCUT2D eigenvalue weighted by atomic mass is 32.2. The van der Waals surface area contributed by atoms with Crippen molar-refractivity contribution in [2.75, 3.05) is 16.7 Å². The van der Waals surface area contributed by atoms with Gasteiger partial charge in [0, 0.05) is 14.1 Å². The fourth-order valence-corrected chi connectivity index (χ4v) is 1.70. The van der Waals surface area contributed by atoms with Crippen LogP contribution in [0.3, 0.4) is 0 Å². The average molecular weight is 248 g/mol. The summed E-state index contributed by atoms with van der Waals surface area (Å²) in [7, 11) is -1.06. The molecule has 0 aliphatic carbocycles. The standard InChI is InChI=1S/C7H12N4O4S/c1-10-5(8)4(9-16(3,14)15)6(12)11(2)7(10)13/h9H,8H2,1-3H3. The molecule has 0 unspecified atom stereocenters. The maximum atomic E-state index is 11.6. The van der Waals surface area contributed by atoms with Crippen molar-refractivity contribution >= 4 is 21.5 Å². The molecule has 90 valence electrons. The first kappa shape index (κ1) is 12.3. The summed E-state index contributed by atoms with van der Waals surface area (Å²) in [5, 5.41) is 0. The molecule has 0 aliphatic heterocycles. The summed E-state index contributed by atoms with van der Waals surface area (Å²) in [4.78, 5) is 23.0. The van der Waals surface area contributed by atoms with Crippen LogP contribution < -0.4 is 21.7 Å². The SMILES string of the molecule is Cn1c(N)c(NS(C)(=O)=O)c(=O)n(C)c1=O. The Morgan fingerprint density at radius 1 is 1.19 bits per heavy atom. The van der Waals surface area contributed by atoms with Crippen LogP contribution in [0.1, 0.15) is 0 Å². The minimum absolute atomic E-state index is 0.224. The Kier molecular flexibility index (Phi) is 2.82. The lowest BCUT2D eigenvalue weighted by Crippen LogP contribution is -2.40. The van der Waals surface area contributed by atoms with Crippen molar-refractivity contribution in [3.63, 3.8) is 0 Å². The number of hydrogen-bond donors (Lipinski definition) is 2. The molecular weight excluding hydrogens is 236 g/mol. The van der Waals surface area contributed by atoms with Crippen molar-refractivity contribution in [2.24, 2.45) is 14.1 Å². The Morgan fingerprint density at radius 2 is 1.69 bits per heavy atom. The van der Waals surface area contributed by atoms with Crippen LogP contribution in [0.4, 0.5) is 11.5 Å². The number of anilines is 2. The van der Waals surface area contributed by atoms with Crippen LogP contribution in [-0.2, 0) is 24.1 Å². The van der Waals surface area contributed by atoms with Gasteiger partial charge in [0.15, 0.2) is 5.69 Å². The second-order valence-corrected chi connectivity index (χ2v) is 5.09. The Morgan fingerprint density at radius 3 is 2.12 bits per heavy atom. The lowest BCUT2D eigenvalue weighted by Gasteiger charge is -2.11. The van der Waals surface area contributed by atoms with E-state index in [-0.39, 0.29) is 11.5 Å². The summed E-state index contributed by atoms with van der Waals surface area (Å²) in [6.07, 6.45) is 0.886. The zero-order valence-electron chi connectivity index (χ0n) is 9.01. The van der Waals surface area contributed by atoms with E-state index in [1.54, 1.807) is 0 Å². The molecule has 1 aromatic rings. The second kappa shape index (κ2) is 3.67. The van der Waals surface area contributed by atoms with Gasteiger partial charge >= 0.3 is 5.69 Å². The minimum atomic E-state index is -3.63. The van der Waals surface area contributed by atoms with E-state index in [4.69, 9.17) is 5.73 Å². The maximum absolute atomic E-state index is 11.6. The van der Waals surface area contributed by atoms with Crippen LogP contribution in [0.5, 0.6) is 0 Å². The fourth-order valence-electron chi connectivity index (χ4n) is 1.14. The molecule has 1 heterocycles. The number of nitrogens with one attached hydrogen (secondary N) is 1. The monoisotopic (exact) mass is 248 g/mol. The molecule has 0 atom stereocenters. The molecular formula is C7H12N4O4S. The van der Waals surface area contributed by atoms with Crippen LogP contribution in [0, 0.1) is 0 Å². The predicted molar refractivity (Wildman–Crippen MR) is 59.8 cm³/mol. The molecule has 0 amide bonds. The van der Waals surface area contributed by atoms with E-state index in [0.717, 1.165) is 15.4 Å². The third kappa shape index (κ3) is 2.08. The summed E-state index contributed by atoms with van der Waals surface area (Å²) in [6, 6.07) is 0. The van der Waals surface area contributed by atoms with Gasteiger partial charge in [-0.1, -0.05) is 0 Å². The largest absolute Gasteiger partial charge is 0.383 e. The summed E-state index contributed by atoms with van der Waals surface area (Å²) in [6.45, 7) is 0. The van der Waals surface area contributed by atoms with E-state index in [9.17, 15) is 18.0 Å². The molecule has 8 nitrogen and oxygen atoms in total. The maximum Gasteiger partial charge on any atom is 0.332 e. The van der Waals surface area contributed by atoms with Gasteiger partial charge in [0.2, 0.25) is 10.0 Å². The Labute approximate surface area is 91.4 Å². The molecule has 0 fully saturated rings. The van der Waals surface area contributed by atoms with Gasteiger partial charge in [0.05, 0.1) is 6.26 Å². The topological polar surface area (TPSA) is 116 Å². The van der Waals surface area contributed by atoms with Crippen molar-refractivity contribution < 1.29 is 8.42 Å². The van der Waals surface area contributed by atoms with Crippen LogP contribution in [-0.4, -0.2) is 23.8 Å². The van der Waals surface area contributed by atoms with E-state index >= 15 is 0 Å². The Hall–Kier alpha value is -1.77. The zero-order chi connectivity index (χ0) is 12.7. The Balaban J connectivity index is 3.66. The minimum Gasteiger partial charge on any atom is -0.383 e. The van der Waals surface area contributed by atoms with Crippen molar-refractivity contribution in [1.29, 1.82) is 0 Å². The zero-order valence-corrected chi connectivity index (χ0v) is 9.83. The smallest absolute Gasteiger partial charge is 0.332 e. The number of nitrogen functional groups attached to an aromatic ring is 1. The molecule has 1 aromatic heterocycles. The summed E-state index contributed by atoms with van der Waals surface area (Å²) in [5.74, 6) is -0.224. The molecule has 0 radical (unpaired) electrons. The van der Waals surface area contributed by atoms with Gasteiger partial charge in [0.25, 0.3) is 5.56 Å². The molecule has 0 aromatic carbocycles. The van der Waals surface area contributed by atoms with Crippen LogP contribution >= 0.6 is 0 Å². The van der Waals surface area contributed by atoms with Gasteiger partial charge < -0.3 is 5.73 Å². The van der Waals surface area contributed by atoms with Crippen LogP contribution in [0.2, 0.25) is 0 Å². The third-order valence-electron chi connectivity index (χ3n) is 2.00. The Bertz CT molecular complexity index is 640. The summed E-state index contributed by atoms with van der Waals surface area (Å²) in [5.41, 5.74) is 3.75. The lowest BCUT2D eigenvalue weighted by molar-refractivity contribution is 0.606. The molecule has 9 heteroatoms. The number of hydrogen-bond acceptors (Lipinski definition) is 5. The first-order chi connectivity index (χ1) is 7.15. The van der Waals surface area contributed by atoms with Crippen molar-refractivity contribution in [3.05, 3.63) is 20.8 Å². The van der Waals surface area contributed by atoms with Gasteiger partial charge in [-0.25, -0.2) is 13.2 Å². The second-order valence-electron chi connectivity index (χ2n) is 3.34. The molecule has 0 saturated heterocycles.